The van der Waals surface area contributed by atoms with E-state index < -0.39 is 11.6 Å². The zero-order chi connectivity index (χ0) is 11.7. The highest BCUT2D eigenvalue weighted by Gasteiger charge is 2.14. The largest absolute Gasteiger partial charge is 0.469 e. The highest BCUT2D eigenvalue weighted by atomic mass is 79.9. The zero-order valence-electron chi connectivity index (χ0n) is 8.51. The number of hydrogen-bond donors (Lipinski definition) is 0. The third kappa shape index (κ3) is 2.16. The van der Waals surface area contributed by atoms with Crippen LogP contribution in [0.25, 0.3) is 0 Å². The van der Waals surface area contributed by atoms with Crippen LogP contribution in [0.15, 0.2) is 34.9 Å². The summed E-state index contributed by atoms with van der Waals surface area (Å²) in [5.41, 5.74) is 1.53. The van der Waals surface area contributed by atoms with E-state index in [4.69, 9.17) is 4.42 Å². The summed E-state index contributed by atoms with van der Waals surface area (Å²) in [6.07, 6.45) is 1.59. The Hall–Kier alpha value is -1.16. The van der Waals surface area contributed by atoms with Gasteiger partial charge in [-0.3, -0.25) is 0 Å². The lowest BCUT2D eigenvalue weighted by molar-refractivity contribution is 0.507. The first kappa shape index (κ1) is 11.3. The van der Waals surface area contributed by atoms with E-state index in [9.17, 15) is 8.78 Å². The molecule has 1 heterocycles. The van der Waals surface area contributed by atoms with Gasteiger partial charge in [0, 0.05) is 5.56 Å². The molecule has 0 saturated carbocycles. The zero-order valence-corrected chi connectivity index (χ0v) is 10.1. The van der Waals surface area contributed by atoms with Crippen molar-refractivity contribution >= 4 is 15.9 Å². The van der Waals surface area contributed by atoms with E-state index in [2.05, 4.69) is 15.9 Å². The van der Waals surface area contributed by atoms with Crippen LogP contribution in [-0.4, -0.2) is 0 Å². The fraction of sp³-hybridized carbons (Fsp3) is 0.167. The molecule has 0 radical (unpaired) electrons. The lowest BCUT2D eigenvalue weighted by Gasteiger charge is -2.07. The monoisotopic (exact) mass is 286 g/mol. The van der Waals surface area contributed by atoms with Gasteiger partial charge in [0.2, 0.25) is 0 Å². The molecule has 84 valence electrons. The maximum atomic E-state index is 13.0. The third-order valence-corrected chi connectivity index (χ3v) is 3.34. The summed E-state index contributed by atoms with van der Waals surface area (Å²) in [5.74, 6) is -0.906. The van der Waals surface area contributed by atoms with Crippen molar-refractivity contribution in [3.05, 3.63) is 59.1 Å². The Morgan fingerprint density at radius 2 is 1.88 bits per heavy atom. The number of hydrogen-bond acceptors (Lipinski definition) is 1. The van der Waals surface area contributed by atoms with Crippen molar-refractivity contribution in [3.63, 3.8) is 0 Å². The smallest absolute Gasteiger partial charge is 0.159 e. The molecule has 1 nitrogen and oxygen atoms in total. The first-order valence-electron chi connectivity index (χ1n) is 4.72. The lowest BCUT2D eigenvalue weighted by Crippen LogP contribution is -1.93. The van der Waals surface area contributed by atoms with Crippen LogP contribution in [0.5, 0.6) is 0 Å². The van der Waals surface area contributed by atoms with Gasteiger partial charge in [-0.2, -0.15) is 0 Å². The number of alkyl halides is 1. The van der Waals surface area contributed by atoms with Crippen molar-refractivity contribution in [1.82, 2.24) is 0 Å². The highest BCUT2D eigenvalue weighted by Crippen LogP contribution is 2.32. The minimum absolute atomic E-state index is 0.194. The third-order valence-electron chi connectivity index (χ3n) is 2.28. The van der Waals surface area contributed by atoms with Crippen LogP contribution in [0.3, 0.4) is 0 Å². The Morgan fingerprint density at radius 1 is 1.12 bits per heavy atom. The highest BCUT2D eigenvalue weighted by molar-refractivity contribution is 9.09. The van der Waals surface area contributed by atoms with Crippen molar-refractivity contribution < 1.29 is 13.2 Å². The van der Waals surface area contributed by atoms with Gasteiger partial charge in [0.05, 0.1) is 11.1 Å². The molecule has 0 saturated heterocycles. The summed E-state index contributed by atoms with van der Waals surface area (Å²) in [7, 11) is 0. The Labute approximate surface area is 100 Å². The topological polar surface area (TPSA) is 13.1 Å². The standard InChI is InChI=1S/C12H9BrF2O/c1-7-4-9(6-16-7)12(13)8-2-3-10(14)11(15)5-8/h2-6,12H,1H3. The van der Waals surface area contributed by atoms with E-state index in [0.717, 1.165) is 17.4 Å². The van der Waals surface area contributed by atoms with Gasteiger partial charge in [-0.15, -0.1) is 0 Å². The molecule has 0 fully saturated rings. The molecular weight excluding hydrogens is 278 g/mol. The number of benzene rings is 1. The minimum Gasteiger partial charge on any atom is -0.469 e. The molecule has 0 aliphatic heterocycles. The molecular formula is C12H9BrF2O. The van der Waals surface area contributed by atoms with Crippen molar-refractivity contribution in [2.45, 2.75) is 11.8 Å². The number of rotatable bonds is 2. The summed E-state index contributed by atoms with van der Waals surface area (Å²) in [5, 5.41) is 0. The summed E-state index contributed by atoms with van der Waals surface area (Å²) >= 11 is 3.42. The van der Waals surface area contributed by atoms with E-state index in [-0.39, 0.29) is 4.83 Å². The van der Waals surface area contributed by atoms with Crippen LogP contribution < -0.4 is 0 Å². The van der Waals surface area contributed by atoms with Crippen LogP contribution in [0.1, 0.15) is 21.7 Å². The van der Waals surface area contributed by atoms with Crippen LogP contribution in [0, 0.1) is 18.6 Å². The van der Waals surface area contributed by atoms with Crippen LogP contribution in [0.4, 0.5) is 8.78 Å². The molecule has 16 heavy (non-hydrogen) atoms. The van der Waals surface area contributed by atoms with Crippen LogP contribution >= 0.6 is 15.9 Å². The maximum absolute atomic E-state index is 13.0. The normalized spacial score (nSPS) is 12.8. The molecule has 1 aromatic carbocycles. The van der Waals surface area contributed by atoms with Gasteiger partial charge in [-0.25, -0.2) is 8.78 Å². The fourth-order valence-corrected chi connectivity index (χ4v) is 1.98. The molecule has 2 aromatic rings. The first-order chi connectivity index (χ1) is 7.58. The summed E-state index contributed by atoms with van der Waals surface area (Å²) < 4.78 is 31.0. The summed E-state index contributed by atoms with van der Waals surface area (Å²) in [6.45, 7) is 1.83. The van der Waals surface area contributed by atoms with E-state index in [1.54, 1.807) is 12.3 Å². The van der Waals surface area contributed by atoms with E-state index in [1.165, 1.54) is 6.07 Å². The molecule has 0 aliphatic carbocycles. The SMILES string of the molecule is Cc1cc(C(Br)c2ccc(F)c(F)c2)co1. The number of furan rings is 1. The molecule has 0 spiro atoms. The summed E-state index contributed by atoms with van der Waals surface area (Å²) in [4.78, 5) is -0.194. The second kappa shape index (κ2) is 4.37. The van der Waals surface area contributed by atoms with E-state index in [1.807, 2.05) is 13.0 Å². The molecule has 0 aliphatic rings. The van der Waals surface area contributed by atoms with E-state index >= 15 is 0 Å². The minimum atomic E-state index is -0.845. The lowest BCUT2D eigenvalue weighted by atomic mass is 10.1. The summed E-state index contributed by atoms with van der Waals surface area (Å²) in [6, 6.07) is 5.68. The average Bonchev–Trinajstić information content (AvgIpc) is 2.68. The van der Waals surface area contributed by atoms with Crippen LogP contribution in [-0.2, 0) is 0 Å². The predicted molar refractivity (Wildman–Crippen MR) is 60.6 cm³/mol. The van der Waals surface area contributed by atoms with Gasteiger partial charge in [-0.1, -0.05) is 22.0 Å². The van der Waals surface area contributed by atoms with Gasteiger partial charge < -0.3 is 4.42 Å². The van der Waals surface area contributed by atoms with E-state index in [0.29, 0.717) is 5.56 Å². The van der Waals surface area contributed by atoms with Gasteiger partial charge in [0.1, 0.15) is 5.76 Å². The molecule has 0 N–H and O–H groups in total. The van der Waals surface area contributed by atoms with Gasteiger partial charge >= 0.3 is 0 Å². The van der Waals surface area contributed by atoms with Crippen molar-refractivity contribution in [2.75, 3.05) is 0 Å². The molecule has 1 aromatic heterocycles. The van der Waals surface area contributed by atoms with Gasteiger partial charge in [-0.05, 0) is 30.7 Å². The molecule has 0 amide bonds. The second-order valence-electron chi connectivity index (χ2n) is 3.53. The fourth-order valence-electron chi connectivity index (χ4n) is 1.46. The Balaban J connectivity index is 2.33. The predicted octanol–water partition coefficient (Wildman–Crippen LogP) is 4.35. The quantitative estimate of drug-likeness (QED) is 0.748. The Bertz CT molecular complexity index is 507. The van der Waals surface area contributed by atoms with Gasteiger partial charge in [0.25, 0.3) is 0 Å². The Morgan fingerprint density at radius 3 is 2.44 bits per heavy atom. The first-order valence-corrected chi connectivity index (χ1v) is 5.63. The average molecular weight is 287 g/mol. The molecule has 4 heteroatoms. The molecule has 1 unspecified atom stereocenters. The molecule has 1 atom stereocenters. The Kier molecular flexibility index (Phi) is 3.10. The van der Waals surface area contributed by atoms with Crippen molar-refractivity contribution in [1.29, 1.82) is 0 Å². The maximum Gasteiger partial charge on any atom is 0.159 e. The molecule has 2 rings (SSSR count). The van der Waals surface area contributed by atoms with Crippen molar-refractivity contribution in [2.24, 2.45) is 0 Å². The number of aryl methyl sites for hydroxylation is 1. The van der Waals surface area contributed by atoms with Crippen LogP contribution in [0.2, 0.25) is 0 Å². The van der Waals surface area contributed by atoms with Gasteiger partial charge in [0.15, 0.2) is 11.6 Å². The molecule has 0 bridgehead atoms. The van der Waals surface area contributed by atoms with Crippen molar-refractivity contribution in [3.8, 4) is 0 Å². The second-order valence-corrected chi connectivity index (χ2v) is 4.44. The number of halogens is 3.